The molecule has 0 aliphatic heterocycles. The van der Waals surface area contributed by atoms with Crippen molar-refractivity contribution in [3.8, 4) is 5.75 Å². The zero-order valence-corrected chi connectivity index (χ0v) is 17.3. The maximum atomic E-state index is 12.1. The highest BCUT2D eigenvalue weighted by Crippen LogP contribution is 2.22. The fraction of sp³-hybridized carbons (Fsp3) is 0.250. The Hall–Kier alpha value is -3.40. The third-order valence-corrected chi connectivity index (χ3v) is 4.98. The van der Waals surface area contributed by atoms with Gasteiger partial charge in [0.05, 0.1) is 10.7 Å². The van der Waals surface area contributed by atoms with Crippen LogP contribution in [0.1, 0.15) is 23.9 Å². The molecule has 30 heavy (non-hydrogen) atoms. The summed E-state index contributed by atoms with van der Waals surface area (Å²) in [6.45, 7) is 3.91. The van der Waals surface area contributed by atoms with Crippen molar-refractivity contribution < 1.29 is 18.9 Å². The quantitative estimate of drug-likeness (QED) is 0.306. The molecule has 3 aromatic rings. The van der Waals surface area contributed by atoms with Crippen LogP contribution < -0.4 is 10.1 Å². The van der Waals surface area contributed by atoms with Crippen LogP contribution in [0.5, 0.6) is 5.75 Å². The van der Waals surface area contributed by atoms with Crippen molar-refractivity contribution in [1.29, 1.82) is 0 Å². The Bertz CT molecular complexity index is 1040. The molecule has 1 amide bonds. The minimum Gasteiger partial charge on any atom is -0.484 e. The number of nitro groups is 1. The predicted molar refractivity (Wildman–Crippen MR) is 112 cm³/mol. The van der Waals surface area contributed by atoms with Gasteiger partial charge in [-0.3, -0.25) is 14.9 Å². The summed E-state index contributed by atoms with van der Waals surface area (Å²) in [5.74, 6) is 0.780. The van der Waals surface area contributed by atoms with Gasteiger partial charge in [0, 0.05) is 17.8 Å². The van der Waals surface area contributed by atoms with Gasteiger partial charge < -0.3 is 14.5 Å². The predicted octanol–water partition coefficient (Wildman–Crippen LogP) is 4.16. The average molecular weight is 428 g/mol. The largest absolute Gasteiger partial charge is 0.484 e. The average Bonchev–Trinajstić information content (AvgIpc) is 3.20. The fourth-order valence-corrected chi connectivity index (χ4v) is 3.12. The second-order valence-corrected chi connectivity index (χ2v) is 7.27. The van der Waals surface area contributed by atoms with E-state index in [4.69, 9.17) is 9.15 Å². The van der Waals surface area contributed by atoms with Crippen LogP contribution in [0.15, 0.2) is 52.1 Å². The van der Waals surface area contributed by atoms with Gasteiger partial charge in [0.25, 0.3) is 16.8 Å². The van der Waals surface area contributed by atoms with Crippen molar-refractivity contribution in [3.63, 3.8) is 0 Å². The van der Waals surface area contributed by atoms with Gasteiger partial charge in [-0.25, -0.2) is 0 Å². The van der Waals surface area contributed by atoms with Crippen molar-refractivity contribution in [1.82, 2.24) is 10.2 Å². The lowest BCUT2D eigenvalue weighted by Gasteiger charge is -2.07. The normalized spacial score (nSPS) is 10.6. The summed E-state index contributed by atoms with van der Waals surface area (Å²) in [6.07, 6.45) is 0.960. The molecular formula is C20H20N4O5S. The highest BCUT2D eigenvalue weighted by Gasteiger charge is 2.13. The van der Waals surface area contributed by atoms with E-state index in [1.165, 1.54) is 23.8 Å². The number of amides is 1. The number of aryl methyl sites for hydroxylation is 2. The van der Waals surface area contributed by atoms with E-state index in [-0.39, 0.29) is 29.2 Å². The molecule has 10 heteroatoms. The highest BCUT2D eigenvalue weighted by atomic mass is 32.2. The van der Waals surface area contributed by atoms with E-state index >= 15 is 0 Å². The van der Waals surface area contributed by atoms with E-state index in [9.17, 15) is 14.9 Å². The molecule has 0 saturated carbocycles. The van der Waals surface area contributed by atoms with Gasteiger partial charge in [0.2, 0.25) is 5.91 Å². The van der Waals surface area contributed by atoms with Gasteiger partial charge in [0.1, 0.15) is 5.75 Å². The SMILES string of the molecule is CCc1ccc(OCc2nnc(SCC(=O)Nc3ccc([N+](=O)[O-])cc3C)o2)cc1. The summed E-state index contributed by atoms with van der Waals surface area (Å²) in [5.41, 5.74) is 2.31. The molecule has 3 rings (SSSR count). The summed E-state index contributed by atoms with van der Waals surface area (Å²) in [6, 6.07) is 12.0. The summed E-state index contributed by atoms with van der Waals surface area (Å²) in [5, 5.41) is 21.6. The molecule has 1 N–H and O–H groups in total. The number of carbonyl (C=O) groups excluding carboxylic acids is 1. The number of nitro benzene ring substituents is 1. The van der Waals surface area contributed by atoms with E-state index in [0.717, 1.165) is 18.2 Å². The van der Waals surface area contributed by atoms with E-state index in [0.29, 0.717) is 22.9 Å². The topological polar surface area (TPSA) is 120 Å². The third kappa shape index (κ3) is 5.80. The zero-order chi connectivity index (χ0) is 21.5. The molecule has 0 aliphatic rings. The first-order valence-corrected chi connectivity index (χ1v) is 10.1. The highest BCUT2D eigenvalue weighted by molar-refractivity contribution is 7.99. The van der Waals surface area contributed by atoms with E-state index in [2.05, 4.69) is 22.4 Å². The number of nitrogens with one attached hydrogen (secondary N) is 1. The lowest BCUT2D eigenvalue weighted by atomic mass is 10.2. The molecule has 0 spiro atoms. The van der Waals surface area contributed by atoms with Crippen molar-refractivity contribution in [2.24, 2.45) is 0 Å². The number of rotatable bonds is 9. The van der Waals surface area contributed by atoms with Gasteiger partial charge in [-0.1, -0.05) is 30.8 Å². The number of hydrogen-bond donors (Lipinski definition) is 1. The smallest absolute Gasteiger partial charge is 0.277 e. The number of carbonyl (C=O) groups is 1. The molecule has 0 bridgehead atoms. The lowest BCUT2D eigenvalue weighted by molar-refractivity contribution is -0.384. The molecule has 0 saturated heterocycles. The molecule has 0 radical (unpaired) electrons. The Morgan fingerprint density at radius 1 is 1.23 bits per heavy atom. The number of aromatic nitrogens is 2. The van der Waals surface area contributed by atoms with Crippen LogP contribution in [0.25, 0.3) is 0 Å². The van der Waals surface area contributed by atoms with E-state index < -0.39 is 4.92 Å². The Balaban J connectivity index is 1.47. The van der Waals surface area contributed by atoms with Crippen molar-refractivity contribution in [2.45, 2.75) is 32.1 Å². The van der Waals surface area contributed by atoms with Crippen molar-refractivity contribution >= 4 is 29.0 Å². The minimum atomic E-state index is -0.481. The van der Waals surface area contributed by atoms with Crippen LogP contribution in [0, 0.1) is 17.0 Å². The Kier molecular flexibility index (Phi) is 7.02. The second kappa shape index (κ2) is 9.88. The van der Waals surface area contributed by atoms with E-state index in [1.54, 1.807) is 6.92 Å². The number of nitrogens with zero attached hydrogens (tertiary/aromatic N) is 3. The Morgan fingerprint density at radius 3 is 2.67 bits per heavy atom. The second-order valence-electron chi connectivity index (χ2n) is 6.34. The summed E-state index contributed by atoms with van der Waals surface area (Å²) in [4.78, 5) is 22.4. The van der Waals surface area contributed by atoms with Crippen LogP contribution >= 0.6 is 11.8 Å². The van der Waals surface area contributed by atoms with Gasteiger partial charge in [-0.2, -0.15) is 0 Å². The molecular weight excluding hydrogens is 408 g/mol. The molecule has 156 valence electrons. The Labute approximate surface area is 177 Å². The van der Waals surface area contributed by atoms with Gasteiger partial charge in [-0.05, 0) is 42.7 Å². The molecule has 0 atom stereocenters. The fourth-order valence-electron chi connectivity index (χ4n) is 2.54. The molecule has 1 heterocycles. The first kappa shape index (κ1) is 21.3. The number of thioether (sulfide) groups is 1. The third-order valence-electron chi connectivity index (χ3n) is 4.16. The van der Waals surface area contributed by atoms with Gasteiger partial charge in [-0.15, -0.1) is 10.2 Å². The maximum Gasteiger partial charge on any atom is 0.277 e. The number of non-ortho nitro benzene ring substituents is 1. The number of anilines is 1. The van der Waals surface area contributed by atoms with Crippen LogP contribution in [0.2, 0.25) is 0 Å². The molecule has 9 nitrogen and oxygen atoms in total. The molecule has 0 unspecified atom stereocenters. The zero-order valence-electron chi connectivity index (χ0n) is 16.5. The first-order valence-electron chi connectivity index (χ1n) is 9.16. The van der Waals surface area contributed by atoms with Crippen molar-refractivity contribution in [2.75, 3.05) is 11.1 Å². The van der Waals surface area contributed by atoms with Crippen LogP contribution in [0.4, 0.5) is 11.4 Å². The number of ether oxygens (including phenoxy) is 1. The van der Waals surface area contributed by atoms with Crippen LogP contribution in [-0.2, 0) is 17.8 Å². The number of hydrogen-bond acceptors (Lipinski definition) is 8. The minimum absolute atomic E-state index is 0.0261. The summed E-state index contributed by atoms with van der Waals surface area (Å²) in [7, 11) is 0. The van der Waals surface area contributed by atoms with Gasteiger partial charge >= 0.3 is 0 Å². The van der Waals surface area contributed by atoms with Gasteiger partial charge in [0.15, 0.2) is 6.61 Å². The molecule has 0 fully saturated rings. The summed E-state index contributed by atoms with van der Waals surface area (Å²) < 4.78 is 11.1. The van der Waals surface area contributed by atoms with Crippen LogP contribution in [-0.4, -0.2) is 26.8 Å². The molecule has 0 aliphatic carbocycles. The van der Waals surface area contributed by atoms with E-state index in [1.807, 2.05) is 24.3 Å². The molecule has 2 aromatic carbocycles. The van der Waals surface area contributed by atoms with Crippen molar-refractivity contribution in [3.05, 3.63) is 69.6 Å². The van der Waals surface area contributed by atoms with Crippen LogP contribution in [0.3, 0.4) is 0 Å². The Morgan fingerprint density at radius 2 is 2.00 bits per heavy atom. The molecule has 1 aromatic heterocycles. The lowest BCUT2D eigenvalue weighted by Crippen LogP contribution is -2.14. The summed E-state index contributed by atoms with van der Waals surface area (Å²) >= 11 is 1.09. The standard InChI is InChI=1S/C20H20N4O5S/c1-3-14-4-7-16(8-5-14)28-11-19-22-23-20(29-19)30-12-18(25)21-17-9-6-15(24(26)27)10-13(17)2/h4-10H,3,11-12H2,1-2H3,(H,21,25). The maximum absolute atomic E-state index is 12.1. The monoisotopic (exact) mass is 428 g/mol. The number of benzene rings is 2. The first-order chi connectivity index (χ1) is 14.4.